The second-order valence-electron chi connectivity index (χ2n) is 7.72. The zero-order valence-electron chi connectivity index (χ0n) is 15.7. The fourth-order valence-corrected chi connectivity index (χ4v) is 5.41. The molecule has 4 heterocycles. The highest BCUT2D eigenvalue weighted by molar-refractivity contribution is 7.10. The van der Waals surface area contributed by atoms with Gasteiger partial charge in [-0.3, -0.25) is 9.69 Å². The van der Waals surface area contributed by atoms with Gasteiger partial charge >= 0.3 is 0 Å². The van der Waals surface area contributed by atoms with Crippen LogP contribution in [0.1, 0.15) is 32.5 Å². The van der Waals surface area contributed by atoms with Gasteiger partial charge in [0.05, 0.1) is 12.1 Å². The van der Waals surface area contributed by atoms with Crippen LogP contribution in [-0.2, 0) is 13.1 Å². The summed E-state index contributed by atoms with van der Waals surface area (Å²) < 4.78 is 15.4. The topological polar surface area (TPSA) is 28.5 Å². The quantitative estimate of drug-likeness (QED) is 0.666. The van der Waals surface area contributed by atoms with Crippen molar-refractivity contribution in [2.24, 2.45) is 0 Å². The molecule has 1 saturated heterocycles. The number of hydrogen-bond acceptors (Lipinski definition) is 3. The van der Waals surface area contributed by atoms with Crippen molar-refractivity contribution in [1.29, 1.82) is 0 Å². The zero-order chi connectivity index (χ0) is 19.3. The fraction of sp³-hybridized carbons (Fsp3) is 0.318. The highest BCUT2D eigenvalue weighted by atomic mass is 32.1. The first kappa shape index (κ1) is 17.6. The summed E-state index contributed by atoms with van der Waals surface area (Å²) in [5.74, 6) is -0.191. The maximum absolute atomic E-state index is 13.3. The summed E-state index contributed by atoms with van der Waals surface area (Å²) in [4.78, 5) is 19.0. The summed E-state index contributed by atoms with van der Waals surface area (Å²) in [7, 11) is 0. The van der Waals surface area contributed by atoms with Crippen molar-refractivity contribution in [2.75, 3.05) is 13.1 Å². The molecule has 3 aromatic rings. The van der Waals surface area contributed by atoms with E-state index in [1.54, 1.807) is 23.5 Å². The molecule has 0 saturated carbocycles. The SMILES string of the molecule is Cc1ccsc1CN1C[C@H]2[C@H](C1)n1cccc1C(=O)N2Cc1ccc(F)cc1. The van der Waals surface area contributed by atoms with Crippen molar-refractivity contribution in [3.8, 4) is 0 Å². The minimum absolute atomic E-state index is 0.0599. The van der Waals surface area contributed by atoms with Gasteiger partial charge in [0.2, 0.25) is 0 Å². The molecular weight excluding hydrogens is 373 g/mol. The number of aryl methyl sites for hydroxylation is 1. The van der Waals surface area contributed by atoms with Crippen LogP contribution in [0.15, 0.2) is 54.0 Å². The van der Waals surface area contributed by atoms with Crippen LogP contribution >= 0.6 is 11.3 Å². The number of benzene rings is 1. The van der Waals surface area contributed by atoms with Gasteiger partial charge in [-0.15, -0.1) is 11.3 Å². The summed E-state index contributed by atoms with van der Waals surface area (Å²) in [6.07, 6.45) is 2.03. The van der Waals surface area contributed by atoms with E-state index in [-0.39, 0.29) is 23.8 Å². The summed E-state index contributed by atoms with van der Waals surface area (Å²) in [5, 5.41) is 2.14. The van der Waals surface area contributed by atoms with E-state index in [1.165, 1.54) is 22.6 Å². The van der Waals surface area contributed by atoms with Gasteiger partial charge in [0.15, 0.2) is 0 Å². The van der Waals surface area contributed by atoms with Crippen LogP contribution < -0.4 is 0 Å². The third-order valence-corrected chi connectivity index (χ3v) is 6.96. The maximum atomic E-state index is 13.3. The predicted molar refractivity (Wildman–Crippen MR) is 108 cm³/mol. The van der Waals surface area contributed by atoms with Gasteiger partial charge in [-0.05, 0) is 53.8 Å². The second kappa shape index (κ2) is 6.87. The molecule has 6 heteroatoms. The van der Waals surface area contributed by atoms with Gasteiger partial charge in [0.25, 0.3) is 5.91 Å². The summed E-state index contributed by atoms with van der Waals surface area (Å²) in [5.41, 5.74) is 3.04. The van der Waals surface area contributed by atoms with Crippen LogP contribution in [0, 0.1) is 12.7 Å². The number of hydrogen-bond donors (Lipinski definition) is 0. The van der Waals surface area contributed by atoms with E-state index in [1.807, 2.05) is 23.2 Å². The standard InChI is InChI=1S/C22H22FN3OS/c1-15-8-10-28-21(15)14-24-12-19-20(13-24)26(11-16-4-6-17(23)7-5-16)22(27)18-3-2-9-25(18)19/h2-10,19-20H,11-14H2,1H3/t19-,20-/m0/s1. The molecule has 2 aliphatic heterocycles. The molecule has 0 aliphatic carbocycles. The third kappa shape index (κ3) is 2.97. The summed E-state index contributed by atoms with van der Waals surface area (Å²) in [6.45, 7) is 5.37. The number of nitrogens with zero attached hydrogens (tertiary/aromatic N) is 3. The molecule has 1 amide bonds. The Kier molecular flexibility index (Phi) is 4.33. The highest BCUT2D eigenvalue weighted by Gasteiger charge is 2.44. The molecule has 5 rings (SSSR count). The van der Waals surface area contributed by atoms with E-state index in [4.69, 9.17) is 0 Å². The van der Waals surface area contributed by atoms with Crippen LogP contribution in [0.5, 0.6) is 0 Å². The molecule has 2 atom stereocenters. The molecule has 144 valence electrons. The Labute approximate surface area is 167 Å². The van der Waals surface area contributed by atoms with Crippen molar-refractivity contribution in [3.05, 3.63) is 81.6 Å². The average Bonchev–Trinajstić information content (AvgIpc) is 3.41. The van der Waals surface area contributed by atoms with Gasteiger partial charge in [0, 0.05) is 37.3 Å². The first-order chi connectivity index (χ1) is 13.6. The Balaban J connectivity index is 1.44. The van der Waals surface area contributed by atoms with Crippen molar-refractivity contribution < 1.29 is 9.18 Å². The summed E-state index contributed by atoms with van der Waals surface area (Å²) >= 11 is 1.80. The van der Waals surface area contributed by atoms with Gasteiger partial charge in [0.1, 0.15) is 11.5 Å². The third-order valence-electron chi connectivity index (χ3n) is 5.95. The Morgan fingerprint density at radius 1 is 1.07 bits per heavy atom. The summed E-state index contributed by atoms with van der Waals surface area (Å²) in [6, 6.07) is 12.9. The van der Waals surface area contributed by atoms with Gasteiger partial charge in [-0.2, -0.15) is 0 Å². The molecule has 0 bridgehead atoms. The molecule has 0 N–H and O–H groups in total. The van der Waals surface area contributed by atoms with E-state index >= 15 is 0 Å². The minimum atomic E-state index is -0.251. The highest BCUT2D eigenvalue weighted by Crippen LogP contribution is 2.35. The van der Waals surface area contributed by atoms with Crippen LogP contribution in [0.3, 0.4) is 0 Å². The van der Waals surface area contributed by atoms with Gasteiger partial charge in [-0.1, -0.05) is 12.1 Å². The molecule has 2 aliphatic rings. The van der Waals surface area contributed by atoms with Crippen molar-refractivity contribution in [1.82, 2.24) is 14.4 Å². The van der Waals surface area contributed by atoms with Gasteiger partial charge < -0.3 is 9.47 Å². The number of thiophene rings is 1. The Morgan fingerprint density at radius 3 is 2.61 bits per heavy atom. The molecule has 4 nitrogen and oxygen atoms in total. The van der Waals surface area contributed by atoms with Crippen molar-refractivity contribution in [3.63, 3.8) is 0 Å². The fourth-order valence-electron chi connectivity index (χ4n) is 4.46. The Hall–Kier alpha value is -2.44. The van der Waals surface area contributed by atoms with E-state index in [0.29, 0.717) is 6.54 Å². The number of likely N-dealkylation sites (tertiary alicyclic amines) is 1. The normalized spacial score (nSPS) is 21.8. The molecule has 28 heavy (non-hydrogen) atoms. The number of amides is 1. The molecule has 1 fully saturated rings. The lowest BCUT2D eigenvalue weighted by Crippen LogP contribution is -2.49. The zero-order valence-corrected chi connectivity index (χ0v) is 16.5. The number of halogens is 1. The Bertz CT molecular complexity index is 1010. The largest absolute Gasteiger partial charge is 0.337 e. The first-order valence-electron chi connectivity index (χ1n) is 9.58. The molecule has 0 radical (unpaired) electrons. The van der Waals surface area contributed by atoms with Crippen LogP contribution in [0.25, 0.3) is 0 Å². The predicted octanol–water partition coefficient (Wildman–Crippen LogP) is 4.08. The molecule has 0 unspecified atom stereocenters. The van der Waals surface area contributed by atoms with Crippen molar-refractivity contribution in [2.45, 2.75) is 32.1 Å². The minimum Gasteiger partial charge on any atom is -0.337 e. The van der Waals surface area contributed by atoms with E-state index in [9.17, 15) is 9.18 Å². The second-order valence-corrected chi connectivity index (χ2v) is 8.72. The van der Waals surface area contributed by atoms with Crippen LogP contribution in [-0.4, -0.2) is 39.4 Å². The molecule has 0 spiro atoms. The number of aromatic nitrogens is 1. The average molecular weight is 396 g/mol. The number of carbonyl (C=O) groups excluding carboxylic acids is 1. The van der Waals surface area contributed by atoms with E-state index in [2.05, 4.69) is 27.8 Å². The number of rotatable bonds is 4. The first-order valence-corrected chi connectivity index (χ1v) is 10.5. The lowest BCUT2D eigenvalue weighted by molar-refractivity contribution is 0.0556. The number of carbonyl (C=O) groups is 1. The Morgan fingerprint density at radius 2 is 1.86 bits per heavy atom. The van der Waals surface area contributed by atoms with Gasteiger partial charge in [-0.25, -0.2) is 4.39 Å². The molecular formula is C22H22FN3OS. The van der Waals surface area contributed by atoms with Crippen molar-refractivity contribution >= 4 is 17.2 Å². The van der Waals surface area contributed by atoms with Crippen LogP contribution in [0.4, 0.5) is 4.39 Å². The lowest BCUT2D eigenvalue weighted by atomic mass is 10.0. The monoisotopic (exact) mass is 395 g/mol. The maximum Gasteiger partial charge on any atom is 0.271 e. The molecule has 2 aromatic heterocycles. The smallest absolute Gasteiger partial charge is 0.271 e. The molecule has 1 aromatic carbocycles. The lowest BCUT2D eigenvalue weighted by Gasteiger charge is -2.38. The van der Waals surface area contributed by atoms with Crippen LogP contribution in [0.2, 0.25) is 0 Å². The number of fused-ring (bicyclic) bond motifs is 3. The van der Waals surface area contributed by atoms with E-state index < -0.39 is 0 Å². The van der Waals surface area contributed by atoms with E-state index in [0.717, 1.165) is 30.9 Å².